The number of H-pyrrole nitrogens is 1. The highest BCUT2D eigenvalue weighted by atomic mass is 16.2. The summed E-state index contributed by atoms with van der Waals surface area (Å²) in [5, 5.41) is 3.74. The van der Waals surface area contributed by atoms with Crippen LogP contribution in [0, 0.1) is 0 Å². The van der Waals surface area contributed by atoms with Crippen molar-refractivity contribution in [2.45, 2.75) is 32.2 Å². The molecule has 0 saturated carbocycles. The van der Waals surface area contributed by atoms with E-state index in [0.29, 0.717) is 24.3 Å². The van der Waals surface area contributed by atoms with Gasteiger partial charge in [-0.1, -0.05) is 48.5 Å². The molecule has 2 N–H and O–H groups in total. The molecule has 1 fully saturated rings. The number of nitrogens with zero attached hydrogens (tertiary/aromatic N) is 2. The maximum atomic E-state index is 13.6. The van der Waals surface area contributed by atoms with E-state index < -0.39 is 11.9 Å². The van der Waals surface area contributed by atoms with Gasteiger partial charge in [0, 0.05) is 36.3 Å². The lowest BCUT2D eigenvalue weighted by Crippen LogP contribution is -2.47. The molecule has 2 heterocycles. The van der Waals surface area contributed by atoms with E-state index in [1.54, 1.807) is 29.2 Å². The molecular weight excluding hydrogens is 480 g/mol. The average Bonchev–Trinajstić information content (AvgIpc) is 3.45. The van der Waals surface area contributed by atoms with Crippen molar-refractivity contribution in [3.63, 3.8) is 0 Å². The number of hydrogen-bond acceptors (Lipinski definition) is 4. The second-order valence-electron chi connectivity index (χ2n) is 9.37. The van der Waals surface area contributed by atoms with Crippen molar-refractivity contribution in [3.8, 4) is 0 Å². The Morgan fingerprint density at radius 3 is 2.42 bits per heavy atom. The van der Waals surface area contributed by atoms with Crippen molar-refractivity contribution in [2.75, 3.05) is 16.8 Å². The highest BCUT2D eigenvalue weighted by Gasteiger charge is 2.44. The highest BCUT2D eigenvalue weighted by Crippen LogP contribution is 2.28. The van der Waals surface area contributed by atoms with Gasteiger partial charge in [-0.25, -0.2) is 4.90 Å². The Morgan fingerprint density at radius 2 is 1.68 bits per heavy atom. The first-order valence-corrected chi connectivity index (χ1v) is 12.5. The van der Waals surface area contributed by atoms with E-state index >= 15 is 0 Å². The Hall–Kier alpha value is -4.72. The summed E-state index contributed by atoms with van der Waals surface area (Å²) in [6.45, 7) is 1.70. The molecule has 4 aromatic rings. The Bertz CT molecular complexity index is 1490. The van der Waals surface area contributed by atoms with Gasteiger partial charge in [-0.05, 0) is 47.9 Å². The zero-order valence-corrected chi connectivity index (χ0v) is 21.0. The molecule has 1 saturated heterocycles. The first-order chi connectivity index (χ1) is 18.4. The zero-order chi connectivity index (χ0) is 26.6. The van der Waals surface area contributed by atoms with E-state index in [1.807, 2.05) is 60.8 Å². The summed E-state index contributed by atoms with van der Waals surface area (Å²) >= 11 is 0. The van der Waals surface area contributed by atoms with E-state index in [4.69, 9.17) is 0 Å². The van der Waals surface area contributed by atoms with Crippen LogP contribution in [-0.4, -0.2) is 46.1 Å². The van der Waals surface area contributed by atoms with Gasteiger partial charge >= 0.3 is 0 Å². The molecule has 192 valence electrons. The van der Waals surface area contributed by atoms with Gasteiger partial charge in [-0.2, -0.15) is 0 Å². The third kappa shape index (κ3) is 5.20. The molecule has 5 rings (SSSR count). The van der Waals surface area contributed by atoms with E-state index in [2.05, 4.69) is 10.3 Å². The number of para-hydroxylation sites is 1. The maximum absolute atomic E-state index is 13.6. The topological polar surface area (TPSA) is 103 Å². The molecule has 38 heavy (non-hydrogen) atoms. The number of fused-ring (bicyclic) bond motifs is 1. The van der Waals surface area contributed by atoms with Gasteiger partial charge in [-0.15, -0.1) is 0 Å². The highest BCUT2D eigenvalue weighted by molar-refractivity contribution is 6.23. The number of amides is 4. The lowest BCUT2D eigenvalue weighted by Gasteiger charge is -2.28. The van der Waals surface area contributed by atoms with Crippen LogP contribution in [0.5, 0.6) is 0 Å². The maximum Gasteiger partial charge on any atom is 0.257 e. The number of aromatic amines is 1. The van der Waals surface area contributed by atoms with Gasteiger partial charge in [-0.3, -0.25) is 19.2 Å². The molecule has 1 atom stereocenters. The summed E-state index contributed by atoms with van der Waals surface area (Å²) in [6, 6.07) is 22.9. The minimum atomic E-state index is -0.890. The largest absolute Gasteiger partial charge is 0.361 e. The van der Waals surface area contributed by atoms with Crippen LogP contribution in [-0.2, 0) is 32.0 Å². The van der Waals surface area contributed by atoms with Crippen LogP contribution >= 0.6 is 0 Å². The Morgan fingerprint density at radius 1 is 0.974 bits per heavy atom. The number of rotatable bonds is 8. The van der Waals surface area contributed by atoms with E-state index in [9.17, 15) is 19.2 Å². The van der Waals surface area contributed by atoms with Gasteiger partial charge in [0.15, 0.2) is 0 Å². The predicted octanol–water partition coefficient (Wildman–Crippen LogP) is 4.07. The monoisotopic (exact) mass is 508 g/mol. The molecule has 1 aliphatic rings. The van der Waals surface area contributed by atoms with E-state index in [-0.39, 0.29) is 30.6 Å². The lowest BCUT2D eigenvalue weighted by molar-refractivity contribution is -0.137. The molecule has 0 radical (unpaired) electrons. The smallest absolute Gasteiger partial charge is 0.257 e. The summed E-state index contributed by atoms with van der Waals surface area (Å²) in [7, 11) is 0. The third-order valence-electron chi connectivity index (χ3n) is 6.76. The van der Waals surface area contributed by atoms with E-state index in [1.165, 1.54) is 6.92 Å². The van der Waals surface area contributed by atoms with Crippen molar-refractivity contribution in [3.05, 3.63) is 96.2 Å². The second kappa shape index (κ2) is 10.7. The van der Waals surface area contributed by atoms with Crippen molar-refractivity contribution in [1.82, 2.24) is 9.88 Å². The summed E-state index contributed by atoms with van der Waals surface area (Å²) < 4.78 is 0. The molecule has 0 aliphatic carbocycles. The van der Waals surface area contributed by atoms with Crippen molar-refractivity contribution >= 4 is 45.9 Å². The second-order valence-corrected chi connectivity index (χ2v) is 9.37. The lowest BCUT2D eigenvalue weighted by atomic mass is 10.1. The molecule has 8 nitrogen and oxygen atoms in total. The van der Waals surface area contributed by atoms with Crippen molar-refractivity contribution in [1.29, 1.82) is 0 Å². The summed E-state index contributed by atoms with van der Waals surface area (Å²) in [4.78, 5) is 57.5. The molecule has 4 amide bonds. The number of carbonyl (C=O) groups is 4. The predicted molar refractivity (Wildman–Crippen MR) is 146 cm³/mol. The number of imide groups is 1. The van der Waals surface area contributed by atoms with Crippen LogP contribution in [0.4, 0.5) is 11.4 Å². The number of nitrogens with one attached hydrogen (secondary N) is 2. The molecule has 0 spiro atoms. The fraction of sp³-hybridized carbons (Fsp3) is 0.200. The van der Waals surface area contributed by atoms with Gasteiger partial charge < -0.3 is 15.2 Å². The molecule has 3 aromatic carbocycles. The molecule has 8 heteroatoms. The van der Waals surface area contributed by atoms with Crippen LogP contribution in [0.15, 0.2) is 85.1 Å². The number of hydrogen-bond donors (Lipinski definition) is 2. The number of carbonyl (C=O) groups excluding carboxylic acids is 4. The fourth-order valence-electron chi connectivity index (χ4n) is 4.93. The SMILES string of the molecule is CC(=O)Nc1ccc(N2C(=O)CC(N(CCc3c[nH]c4ccccc34)C(=O)Cc3ccccc3)C2=O)cc1. The van der Waals surface area contributed by atoms with Crippen LogP contribution in [0.2, 0.25) is 0 Å². The number of anilines is 2. The Labute approximate surface area is 220 Å². The molecule has 0 bridgehead atoms. The Kier molecular flexibility index (Phi) is 7.04. The third-order valence-corrected chi connectivity index (χ3v) is 6.76. The number of aromatic nitrogens is 1. The minimum absolute atomic E-state index is 0.0826. The first kappa shape index (κ1) is 25.0. The quantitative estimate of drug-likeness (QED) is 0.350. The van der Waals surface area contributed by atoms with Crippen LogP contribution in [0.1, 0.15) is 24.5 Å². The molecule has 1 aromatic heterocycles. The molecule has 1 unspecified atom stereocenters. The normalized spacial score (nSPS) is 15.2. The van der Waals surface area contributed by atoms with Crippen molar-refractivity contribution in [2.24, 2.45) is 0 Å². The number of benzene rings is 3. The first-order valence-electron chi connectivity index (χ1n) is 12.5. The van der Waals surface area contributed by atoms with Crippen molar-refractivity contribution < 1.29 is 19.2 Å². The van der Waals surface area contributed by atoms with Crippen LogP contribution in [0.25, 0.3) is 10.9 Å². The van der Waals surface area contributed by atoms with Gasteiger partial charge in [0.05, 0.1) is 18.5 Å². The zero-order valence-electron chi connectivity index (χ0n) is 21.0. The fourth-order valence-corrected chi connectivity index (χ4v) is 4.93. The Balaban J connectivity index is 1.39. The average molecular weight is 509 g/mol. The summed E-state index contributed by atoms with van der Waals surface area (Å²) in [6.07, 6.45) is 2.52. The summed E-state index contributed by atoms with van der Waals surface area (Å²) in [5.74, 6) is -1.21. The molecular formula is C30H28N4O4. The van der Waals surface area contributed by atoms with Crippen LogP contribution in [0.3, 0.4) is 0 Å². The van der Waals surface area contributed by atoms with Gasteiger partial charge in [0.2, 0.25) is 17.7 Å². The van der Waals surface area contributed by atoms with Crippen LogP contribution < -0.4 is 10.2 Å². The van der Waals surface area contributed by atoms with Gasteiger partial charge in [0.1, 0.15) is 6.04 Å². The molecule has 1 aliphatic heterocycles. The summed E-state index contributed by atoms with van der Waals surface area (Å²) in [5.41, 5.74) is 3.86. The standard InChI is InChI=1S/C30H28N4O4/c1-20(35)32-23-11-13-24(14-12-23)34-29(37)18-27(30(34)38)33(28(36)17-21-7-3-2-4-8-21)16-15-22-19-31-26-10-6-5-9-25(22)26/h2-14,19,27,31H,15-18H2,1H3,(H,32,35). The van der Waals surface area contributed by atoms with Gasteiger partial charge in [0.25, 0.3) is 5.91 Å². The minimum Gasteiger partial charge on any atom is -0.361 e. The van der Waals surface area contributed by atoms with E-state index in [0.717, 1.165) is 26.9 Å².